The van der Waals surface area contributed by atoms with E-state index in [4.69, 9.17) is 4.98 Å². The van der Waals surface area contributed by atoms with Gasteiger partial charge in [-0.3, -0.25) is 0 Å². The third kappa shape index (κ3) is 2.52. The Balaban J connectivity index is 2.04. The van der Waals surface area contributed by atoms with Gasteiger partial charge in [0, 0.05) is 24.7 Å². The van der Waals surface area contributed by atoms with Crippen molar-refractivity contribution in [2.24, 2.45) is 0 Å². The number of pyridine rings is 1. The van der Waals surface area contributed by atoms with E-state index in [9.17, 15) is 0 Å². The number of benzene rings is 1. The van der Waals surface area contributed by atoms with Gasteiger partial charge in [0.15, 0.2) is 0 Å². The van der Waals surface area contributed by atoms with E-state index in [0.717, 1.165) is 18.9 Å². The first-order chi connectivity index (χ1) is 9.55. The predicted molar refractivity (Wildman–Crippen MR) is 86.5 cm³/mol. The van der Waals surface area contributed by atoms with E-state index in [2.05, 4.69) is 56.1 Å². The summed E-state index contributed by atoms with van der Waals surface area (Å²) in [4.78, 5) is 7.15. The van der Waals surface area contributed by atoms with Gasteiger partial charge in [-0.15, -0.1) is 0 Å². The molecule has 20 heavy (non-hydrogen) atoms. The second kappa shape index (κ2) is 5.08. The van der Waals surface area contributed by atoms with E-state index in [1.165, 1.54) is 35.6 Å². The van der Waals surface area contributed by atoms with Gasteiger partial charge in [-0.05, 0) is 41.7 Å². The summed E-state index contributed by atoms with van der Waals surface area (Å²) in [5, 5.41) is 2.61. The van der Waals surface area contributed by atoms with Crippen LogP contribution in [0.15, 0.2) is 30.5 Å². The van der Waals surface area contributed by atoms with Crippen molar-refractivity contribution in [2.75, 3.05) is 18.0 Å². The van der Waals surface area contributed by atoms with Crippen LogP contribution in [0.1, 0.15) is 45.6 Å². The number of nitrogens with zero attached hydrogens (tertiary/aromatic N) is 2. The molecule has 1 aromatic heterocycles. The highest BCUT2D eigenvalue weighted by molar-refractivity contribution is 5.87. The molecule has 1 aliphatic heterocycles. The molecule has 0 aliphatic carbocycles. The van der Waals surface area contributed by atoms with Gasteiger partial charge in [-0.1, -0.05) is 39.0 Å². The summed E-state index contributed by atoms with van der Waals surface area (Å²) in [6.45, 7) is 9.09. The van der Waals surface area contributed by atoms with Gasteiger partial charge >= 0.3 is 0 Å². The summed E-state index contributed by atoms with van der Waals surface area (Å²) in [5.41, 5.74) is 1.54. The van der Waals surface area contributed by atoms with E-state index in [0.29, 0.717) is 0 Å². The second-order valence-corrected chi connectivity index (χ2v) is 6.87. The van der Waals surface area contributed by atoms with Crippen LogP contribution in [0.3, 0.4) is 0 Å². The standard InChI is InChI=1S/C18H24N2/c1-18(2,3)16-9-7-8-14-12-17(19-13-15(14)16)20-10-5-4-6-11-20/h7-9,12-13H,4-6,10-11H2,1-3H3. The highest BCUT2D eigenvalue weighted by Crippen LogP contribution is 2.31. The number of anilines is 1. The van der Waals surface area contributed by atoms with E-state index in [1.54, 1.807) is 0 Å². The molecule has 2 heteroatoms. The van der Waals surface area contributed by atoms with Crippen molar-refractivity contribution in [3.05, 3.63) is 36.0 Å². The average Bonchev–Trinajstić information content (AvgIpc) is 2.46. The summed E-state index contributed by atoms with van der Waals surface area (Å²) >= 11 is 0. The molecule has 2 aromatic rings. The van der Waals surface area contributed by atoms with Gasteiger partial charge in [-0.2, -0.15) is 0 Å². The first-order valence-electron chi connectivity index (χ1n) is 7.70. The second-order valence-electron chi connectivity index (χ2n) is 6.87. The smallest absolute Gasteiger partial charge is 0.129 e. The highest BCUT2D eigenvalue weighted by atomic mass is 15.2. The van der Waals surface area contributed by atoms with E-state index in [1.807, 2.05) is 0 Å². The third-order valence-corrected chi connectivity index (χ3v) is 4.24. The van der Waals surface area contributed by atoms with Crippen molar-refractivity contribution < 1.29 is 0 Å². The summed E-state index contributed by atoms with van der Waals surface area (Å²) < 4.78 is 0. The fourth-order valence-corrected chi connectivity index (χ4v) is 3.11. The molecular weight excluding hydrogens is 244 g/mol. The maximum atomic E-state index is 4.73. The zero-order valence-electron chi connectivity index (χ0n) is 12.8. The number of hydrogen-bond acceptors (Lipinski definition) is 2. The molecule has 0 unspecified atom stereocenters. The average molecular weight is 268 g/mol. The summed E-state index contributed by atoms with van der Waals surface area (Å²) in [6.07, 6.45) is 6.02. The van der Waals surface area contributed by atoms with Crippen molar-refractivity contribution in [2.45, 2.75) is 45.4 Å². The quantitative estimate of drug-likeness (QED) is 0.755. The Hall–Kier alpha value is -1.57. The molecule has 0 saturated carbocycles. The molecule has 0 N–H and O–H groups in total. The van der Waals surface area contributed by atoms with Crippen molar-refractivity contribution in [3.8, 4) is 0 Å². The molecular formula is C18H24N2. The van der Waals surface area contributed by atoms with Crippen LogP contribution in [-0.4, -0.2) is 18.1 Å². The zero-order chi connectivity index (χ0) is 14.2. The lowest BCUT2D eigenvalue weighted by molar-refractivity contribution is 0.573. The number of fused-ring (bicyclic) bond motifs is 1. The van der Waals surface area contributed by atoms with Gasteiger partial charge in [0.05, 0.1) is 0 Å². The molecule has 1 aliphatic rings. The molecule has 0 spiro atoms. The summed E-state index contributed by atoms with van der Waals surface area (Å²) in [5.74, 6) is 1.14. The maximum absolute atomic E-state index is 4.73. The minimum absolute atomic E-state index is 0.161. The Bertz CT molecular complexity index is 604. The van der Waals surface area contributed by atoms with Crippen LogP contribution in [0, 0.1) is 0 Å². The number of hydrogen-bond donors (Lipinski definition) is 0. The molecule has 0 radical (unpaired) electrons. The van der Waals surface area contributed by atoms with Crippen molar-refractivity contribution >= 4 is 16.6 Å². The fraction of sp³-hybridized carbons (Fsp3) is 0.500. The number of piperidine rings is 1. The predicted octanol–water partition coefficient (Wildman–Crippen LogP) is 4.52. The minimum atomic E-state index is 0.161. The molecule has 106 valence electrons. The lowest BCUT2D eigenvalue weighted by Gasteiger charge is -2.28. The third-order valence-electron chi connectivity index (χ3n) is 4.24. The van der Waals surface area contributed by atoms with Crippen molar-refractivity contribution in [1.82, 2.24) is 4.98 Å². The van der Waals surface area contributed by atoms with Gasteiger partial charge < -0.3 is 4.90 Å². The van der Waals surface area contributed by atoms with Crippen LogP contribution >= 0.6 is 0 Å². The number of rotatable bonds is 1. The molecule has 3 rings (SSSR count). The van der Waals surface area contributed by atoms with Crippen molar-refractivity contribution in [3.63, 3.8) is 0 Å². The van der Waals surface area contributed by atoms with E-state index in [-0.39, 0.29) is 5.41 Å². The Morgan fingerprint density at radius 2 is 1.80 bits per heavy atom. The van der Waals surface area contributed by atoms with Gasteiger partial charge in [-0.25, -0.2) is 4.98 Å². The van der Waals surface area contributed by atoms with Crippen LogP contribution in [0.2, 0.25) is 0 Å². The Morgan fingerprint density at radius 3 is 2.50 bits per heavy atom. The van der Waals surface area contributed by atoms with E-state index >= 15 is 0 Å². The van der Waals surface area contributed by atoms with Crippen LogP contribution in [0.4, 0.5) is 5.82 Å². The summed E-state index contributed by atoms with van der Waals surface area (Å²) in [7, 11) is 0. The van der Waals surface area contributed by atoms with Crippen LogP contribution in [-0.2, 0) is 5.41 Å². The largest absolute Gasteiger partial charge is 0.357 e. The molecule has 2 heterocycles. The number of aromatic nitrogens is 1. The van der Waals surface area contributed by atoms with Crippen LogP contribution in [0.5, 0.6) is 0 Å². The zero-order valence-corrected chi connectivity index (χ0v) is 12.8. The normalized spacial score (nSPS) is 16.6. The minimum Gasteiger partial charge on any atom is -0.357 e. The molecule has 1 aromatic carbocycles. The Morgan fingerprint density at radius 1 is 1.05 bits per heavy atom. The van der Waals surface area contributed by atoms with Crippen LogP contribution < -0.4 is 4.90 Å². The molecule has 0 bridgehead atoms. The van der Waals surface area contributed by atoms with Gasteiger partial charge in [0.25, 0.3) is 0 Å². The topological polar surface area (TPSA) is 16.1 Å². The molecule has 1 saturated heterocycles. The highest BCUT2D eigenvalue weighted by Gasteiger charge is 2.18. The Kier molecular flexibility index (Phi) is 3.41. The van der Waals surface area contributed by atoms with Gasteiger partial charge in [0.1, 0.15) is 5.82 Å². The van der Waals surface area contributed by atoms with E-state index < -0.39 is 0 Å². The molecule has 0 atom stereocenters. The van der Waals surface area contributed by atoms with Crippen molar-refractivity contribution in [1.29, 1.82) is 0 Å². The molecule has 2 nitrogen and oxygen atoms in total. The first-order valence-corrected chi connectivity index (χ1v) is 7.70. The van der Waals surface area contributed by atoms with Crippen LogP contribution in [0.25, 0.3) is 10.8 Å². The first kappa shape index (κ1) is 13.4. The lowest BCUT2D eigenvalue weighted by Crippen LogP contribution is -2.30. The summed E-state index contributed by atoms with van der Waals surface area (Å²) in [6, 6.07) is 8.86. The monoisotopic (exact) mass is 268 g/mol. The van der Waals surface area contributed by atoms with Gasteiger partial charge in [0.2, 0.25) is 0 Å². The molecule has 0 amide bonds. The SMILES string of the molecule is CC(C)(C)c1cccc2cc(N3CCCCC3)ncc12. The maximum Gasteiger partial charge on any atom is 0.129 e. The molecule has 1 fully saturated rings. The lowest BCUT2D eigenvalue weighted by atomic mass is 9.84. The fourth-order valence-electron chi connectivity index (χ4n) is 3.11. The Labute approximate surface area is 121 Å².